The van der Waals surface area contributed by atoms with Crippen LogP contribution in [-0.4, -0.2) is 22.5 Å². The van der Waals surface area contributed by atoms with Crippen molar-refractivity contribution in [3.8, 4) is 0 Å². The molecule has 1 aromatic carbocycles. The summed E-state index contributed by atoms with van der Waals surface area (Å²) >= 11 is 1.44. The Morgan fingerprint density at radius 2 is 2.25 bits per heavy atom. The SMILES string of the molecule is CCCC(Cc1ccc2scnc2c1[N+](=O)[O-])NCC. The Hall–Kier alpha value is -1.53. The van der Waals surface area contributed by atoms with Crippen molar-refractivity contribution < 1.29 is 4.92 Å². The summed E-state index contributed by atoms with van der Waals surface area (Å²) in [5.41, 5.74) is 3.12. The molecule has 6 heteroatoms. The molecule has 108 valence electrons. The van der Waals surface area contributed by atoms with E-state index in [1.807, 2.05) is 12.1 Å². The normalized spacial score (nSPS) is 12.7. The zero-order valence-electron chi connectivity index (χ0n) is 11.8. The largest absolute Gasteiger partial charge is 0.314 e. The van der Waals surface area contributed by atoms with E-state index in [9.17, 15) is 10.1 Å². The third kappa shape index (κ3) is 3.13. The van der Waals surface area contributed by atoms with Gasteiger partial charge in [0.15, 0.2) is 5.52 Å². The summed E-state index contributed by atoms with van der Waals surface area (Å²) in [4.78, 5) is 15.2. The number of fused-ring (bicyclic) bond motifs is 1. The zero-order valence-corrected chi connectivity index (χ0v) is 12.6. The lowest BCUT2D eigenvalue weighted by Gasteiger charge is -2.17. The lowest BCUT2D eigenvalue weighted by atomic mass is 10.00. The van der Waals surface area contributed by atoms with Gasteiger partial charge in [-0.1, -0.05) is 26.3 Å². The summed E-state index contributed by atoms with van der Waals surface area (Å²) in [5, 5.41) is 14.8. The van der Waals surface area contributed by atoms with Gasteiger partial charge in [-0.25, -0.2) is 4.98 Å². The Labute approximate surface area is 122 Å². The highest BCUT2D eigenvalue weighted by Gasteiger charge is 2.22. The van der Waals surface area contributed by atoms with Gasteiger partial charge in [0, 0.05) is 11.6 Å². The predicted molar refractivity (Wildman–Crippen MR) is 82.4 cm³/mol. The molecule has 0 aliphatic carbocycles. The molecule has 5 nitrogen and oxygen atoms in total. The maximum absolute atomic E-state index is 11.4. The molecule has 2 rings (SSSR count). The van der Waals surface area contributed by atoms with Crippen LogP contribution in [0.3, 0.4) is 0 Å². The Morgan fingerprint density at radius 3 is 2.90 bits per heavy atom. The summed E-state index contributed by atoms with van der Waals surface area (Å²) in [5.74, 6) is 0. The van der Waals surface area contributed by atoms with Gasteiger partial charge in [-0.15, -0.1) is 11.3 Å². The second-order valence-corrected chi connectivity index (χ2v) is 5.66. The van der Waals surface area contributed by atoms with E-state index in [1.165, 1.54) is 11.3 Å². The van der Waals surface area contributed by atoms with Crippen LogP contribution in [0, 0.1) is 10.1 Å². The number of hydrogen-bond donors (Lipinski definition) is 1. The third-order valence-corrected chi connectivity index (χ3v) is 4.13. The second-order valence-electron chi connectivity index (χ2n) is 4.78. The van der Waals surface area contributed by atoms with Gasteiger partial charge in [0.2, 0.25) is 0 Å². The van der Waals surface area contributed by atoms with E-state index in [2.05, 4.69) is 24.1 Å². The first-order valence-corrected chi connectivity index (χ1v) is 7.78. The van der Waals surface area contributed by atoms with E-state index >= 15 is 0 Å². The molecule has 2 aromatic rings. The zero-order chi connectivity index (χ0) is 14.5. The van der Waals surface area contributed by atoms with Gasteiger partial charge in [-0.3, -0.25) is 10.1 Å². The lowest BCUT2D eigenvalue weighted by molar-refractivity contribution is -0.383. The smallest absolute Gasteiger partial charge is 0.299 e. The molecule has 0 bridgehead atoms. The van der Waals surface area contributed by atoms with E-state index in [1.54, 1.807) is 5.51 Å². The van der Waals surface area contributed by atoms with Crippen molar-refractivity contribution >= 4 is 27.2 Å². The Balaban J connectivity index is 2.37. The first-order valence-electron chi connectivity index (χ1n) is 6.90. The number of rotatable bonds is 7. The van der Waals surface area contributed by atoms with Crippen LogP contribution in [0.1, 0.15) is 32.3 Å². The van der Waals surface area contributed by atoms with E-state index in [4.69, 9.17) is 0 Å². The summed E-state index contributed by atoms with van der Waals surface area (Å²) in [7, 11) is 0. The van der Waals surface area contributed by atoms with Gasteiger partial charge in [0.25, 0.3) is 5.69 Å². The molecule has 0 spiro atoms. The number of nitro benzene ring substituents is 1. The number of benzene rings is 1. The minimum atomic E-state index is -0.299. The number of nitrogens with one attached hydrogen (secondary N) is 1. The molecule has 0 aliphatic rings. The van der Waals surface area contributed by atoms with Crippen molar-refractivity contribution in [1.29, 1.82) is 0 Å². The molecule has 0 aliphatic heterocycles. The molecule has 0 fully saturated rings. The minimum absolute atomic E-state index is 0.169. The number of likely N-dealkylation sites (N-methyl/N-ethyl adjacent to an activating group) is 1. The van der Waals surface area contributed by atoms with Gasteiger partial charge < -0.3 is 5.32 Å². The van der Waals surface area contributed by atoms with E-state index in [0.717, 1.165) is 29.6 Å². The number of aromatic nitrogens is 1. The number of hydrogen-bond acceptors (Lipinski definition) is 5. The highest BCUT2D eigenvalue weighted by molar-refractivity contribution is 7.16. The molecular formula is C14H19N3O2S. The van der Waals surface area contributed by atoms with Crippen LogP contribution in [0.25, 0.3) is 10.2 Å². The fraction of sp³-hybridized carbons (Fsp3) is 0.500. The first kappa shape index (κ1) is 14.9. The Kier molecular flexibility index (Phi) is 5.03. The fourth-order valence-electron chi connectivity index (χ4n) is 2.51. The molecule has 1 N–H and O–H groups in total. The minimum Gasteiger partial charge on any atom is -0.314 e. The van der Waals surface area contributed by atoms with Gasteiger partial charge in [-0.2, -0.15) is 0 Å². The van der Waals surface area contributed by atoms with Crippen molar-refractivity contribution in [3.05, 3.63) is 33.3 Å². The molecule has 0 amide bonds. The first-order chi connectivity index (χ1) is 9.67. The van der Waals surface area contributed by atoms with Gasteiger partial charge >= 0.3 is 0 Å². The average Bonchev–Trinajstić information content (AvgIpc) is 2.86. The van der Waals surface area contributed by atoms with Crippen LogP contribution in [0.2, 0.25) is 0 Å². The van der Waals surface area contributed by atoms with Crippen LogP contribution in [0.15, 0.2) is 17.6 Å². The maximum Gasteiger partial charge on any atom is 0.299 e. The maximum atomic E-state index is 11.4. The number of nitro groups is 1. The molecule has 1 aromatic heterocycles. The van der Waals surface area contributed by atoms with Crippen LogP contribution in [0.5, 0.6) is 0 Å². The van der Waals surface area contributed by atoms with Crippen LogP contribution in [-0.2, 0) is 6.42 Å². The molecule has 1 heterocycles. The van der Waals surface area contributed by atoms with Crippen LogP contribution >= 0.6 is 11.3 Å². The van der Waals surface area contributed by atoms with E-state index in [-0.39, 0.29) is 16.7 Å². The van der Waals surface area contributed by atoms with Gasteiger partial charge in [0.05, 0.1) is 15.1 Å². The van der Waals surface area contributed by atoms with Crippen molar-refractivity contribution in [1.82, 2.24) is 10.3 Å². The molecule has 1 unspecified atom stereocenters. The summed E-state index contributed by atoms with van der Waals surface area (Å²) in [6.07, 6.45) is 2.75. The molecule has 0 radical (unpaired) electrons. The van der Waals surface area contributed by atoms with Crippen molar-refractivity contribution in [2.75, 3.05) is 6.54 Å². The van der Waals surface area contributed by atoms with Crippen molar-refractivity contribution in [2.45, 2.75) is 39.2 Å². The Morgan fingerprint density at radius 1 is 1.45 bits per heavy atom. The molecule has 0 saturated heterocycles. The van der Waals surface area contributed by atoms with E-state index < -0.39 is 0 Å². The Bertz CT molecular complexity index is 591. The second kappa shape index (κ2) is 6.76. The standard InChI is InChI=1S/C14H19N3O2S/c1-3-5-11(15-4-2)8-10-6-7-12-13(16-9-20-12)14(10)17(18)19/h6-7,9,11,15H,3-5,8H2,1-2H3. The summed E-state index contributed by atoms with van der Waals surface area (Å²) in [6.45, 7) is 5.06. The lowest BCUT2D eigenvalue weighted by Crippen LogP contribution is -2.31. The van der Waals surface area contributed by atoms with E-state index in [0.29, 0.717) is 11.9 Å². The van der Waals surface area contributed by atoms with Gasteiger partial charge in [0.1, 0.15) is 0 Å². The molecule has 1 atom stereocenters. The molecular weight excluding hydrogens is 274 g/mol. The number of thiazole rings is 1. The third-order valence-electron chi connectivity index (χ3n) is 3.34. The van der Waals surface area contributed by atoms with Gasteiger partial charge in [-0.05, 0) is 25.5 Å². The van der Waals surface area contributed by atoms with Crippen molar-refractivity contribution in [3.63, 3.8) is 0 Å². The van der Waals surface area contributed by atoms with Crippen LogP contribution in [0.4, 0.5) is 5.69 Å². The quantitative estimate of drug-likeness (QED) is 0.626. The van der Waals surface area contributed by atoms with Crippen LogP contribution < -0.4 is 5.32 Å². The average molecular weight is 293 g/mol. The summed E-state index contributed by atoms with van der Waals surface area (Å²) in [6, 6.07) is 4.09. The molecule has 20 heavy (non-hydrogen) atoms. The fourth-order valence-corrected chi connectivity index (χ4v) is 3.19. The molecule has 0 saturated carbocycles. The summed E-state index contributed by atoms with van der Waals surface area (Å²) < 4.78 is 0.871. The predicted octanol–water partition coefficient (Wildman–Crippen LogP) is 3.53. The van der Waals surface area contributed by atoms with Crippen molar-refractivity contribution in [2.24, 2.45) is 0 Å². The monoisotopic (exact) mass is 293 g/mol. The highest BCUT2D eigenvalue weighted by Crippen LogP contribution is 2.31. The topological polar surface area (TPSA) is 68.1 Å². The number of nitrogens with zero attached hydrogens (tertiary/aromatic N) is 2. The highest BCUT2D eigenvalue weighted by atomic mass is 32.1.